The van der Waals surface area contributed by atoms with Gasteiger partial charge in [0.2, 0.25) is 5.91 Å². The van der Waals surface area contributed by atoms with E-state index < -0.39 is 6.43 Å². The van der Waals surface area contributed by atoms with E-state index in [9.17, 15) is 13.6 Å². The maximum absolute atomic E-state index is 12.0. The number of nitrogens with one attached hydrogen (secondary N) is 2. The fourth-order valence-corrected chi connectivity index (χ4v) is 2.06. The summed E-state index contributed by atoms with van der Waals surface area (Å²) in [6, 6.07) is 5.33. The van der Waals surface area contributed by atoms with Crippen LogP contribution >= 0.6 is 11.6 Å². The van der Waals surface area contributed by atoms with Crippen molar-refractivity contribution in [1.82, 2.24) is 10.6 Å². The first kappa shape index (κ1) is 15.2. The number of carbonyl (C=O) groups excluding carboxylic acids is 1. The molecule has 0 aliphatic heterocycles. The number of halogens is 3. The molecular formula is C14H17ClF2N2O. The van der Waals surface area contributed by atoms with Crippen LogP contribution in [0.3, 0.4) is 0 Å². The predicted molar refractivity (Wildman–Crippen MR) is 73.7 cm³/mol. The first-order valence-corrected chi connectivity index (χ1v) is 6.98. The van der Waals surface area contributed by atoms with Gasteiger partial charge >= 0.3 is 0 Å². The summed E-state index contributed by atoms with van der Waals surface area (Å²) < 4.78 is 24.1. The molecule has 1 aromatic carbocycles. The molecule has 0 radical (unpaired) electrons. The summed E-state index contributed by atoms with van der Waals surface area (Å²) in [5.41, 5.74) is 1.67. The van der Waals surface area contributed by atoms with Crippen molar-refractivity contribution >= 4 is 17.5 Å². The average Bonchev–Trinajstić information content (AvgIpc) is 3.22. The fourth-order valence-electron chi connectivity index (χ4n) is 1.87. The van der Waals surface area contributed by atoms with Crippen LogP contribution < -0.4 is 10.6 Å². The van der Waals surface area contributed by atoms with Crippen LogP contribution in [-0.4, -0.2) is 18.9 Å². The van der Waals surface area contributed by atoms with Crippen LogP contribution in [0.4, 0.5) is 8.78 Å². The molecule has 1 saturated carbocycles. The summed E-state index contributed by atoms with van der Waals surface area (Å²) in [5, 5.41) is 6.07. The molecule has 2 N–H and O–H groups in total. The fraction of sp³-hybridized carbons (Fsp3) is 0.500. The number of hydrogen-bond donors (Lipinski definition) is 2. The third-order valence-corrected chi connectivity index (χ3v) is 3.51. The molecule has 0 atom stereocenters. The van der Waals surface area contributed by atoms with Gasteiger partial charge in [-0.05, 0) is 30.0 Å². The van der Waals surface area contributed by atoms with Gasteiger partial charge in [-0.2, -0.15) is 0 Å². The van der Waals surface area contributed by atoms with Crippen molar-refractivity contribution in [3.8, 4) is 0 Å². The molecule has 20 heavy (non-hydrogen) atoms. The van der Waals surface area contributed by atoms with E-state index in [0.717, 1.165) is 24.0 Å². The third-order valence-electron chi connectivity index (χ3n) is 3.14. The van der Waals surface area contributed by atoms with E-state index in [1.807, 2.05) is 6.07 Å². The molecule has 1 amide bonds. The quantitative estimate of drug-likeness (QED) is 0.813. The Hall–Kier alpha value is -1.20. The lowest BCUT2D eigenvalue weighted by Gasteiger charge is -2.10. The molecule has 0 saturated heterocycles. The zero-order chi connectivity index (χ0) is 14.5. The summed E-state index contributed by atoms with van der Waals surface area (Å²) in [6.07, 6.45) is -0.450. The summed E-state index contributed by atoms with van der Waals surface area (Å²) in [6.45, 7) is 0.387. The van der Waals surface area contributed by atoms with E-state index in [1.54, 1.807) is 12.1 Å². The Balaban J connectivity index is 1.88. The van der Waals surface area contributed by atoms with Gasteiger partial charge in [0, 0.05) is 24.0 Å². The molecule has 0 bridgehead atoms. The Bertz CT molecular complexity index is 478. The van der Waals surface area contributed by atoms with Crippen LogP contribution in [0.2, 0.25) is 5.02 Å². The molecule has 1 aliphatic rings. The summed E-state index contributed by atoms with van der Waals surface area (Å²) in [5.74, 6) is 0.215. The second-order valence-corrected chi connectivity index (χ2v) is 5.35. The lowest BCUT2D eigenvalue weighted by molar-refractivity contribution is -0.122. The van der Waals surface area contributed by atoms with Crippen LogP contribution in [0.5, 0.6) is 0 Å². The maximum atomic E-state index is 12.0. The molecule has 0 aromatic heterocycles. The molecule has 0 spiro atoms. The number of rotatable bonds is 7. The summed E-state index contributed by atoms with van der Waals surface area (Å²) >= 11 is 6.07. The number of hydrogen-bond acceptors (Lipinski definition) is 2. The minimum Gasteiger partial charge on any atom is -0.352 e. The molecule has 3 nitrogen and oxygen atoms in total. The van der Waals surface area contributed by atoms with Crippen LogP contribution in [0.1, 0.15) is 24.0 Å². The Labute approximate surface area is 121 Å². The predicted octanol–water partition coefficient (Wildman–Crippen LogP) is 2.72. The highest BCUT2D eigenvalue weighted by Crippen LogP contribution is 2.29. The van der Waals surface area contributed by atoms with Crippen LogP contribution in [-0.2, 0) is 17.9 Å². The van der Waals surface area contributed by atoms with Crippen molar-refractivity contribution in [2.45, 2.75) is 32.4 Å². The first-order chi connectivity index (χ1) is 9.56. The van der Waals surface area contributed by atoms with Crippen LogP contribution in [0.15, 0.2) is 18.2 Å². The standard InChI is InChI=1S/C14H17ClF2N2O/c15-12-4-1-9(6-18-8-13(16)17)5-11(12)7-19-14(20)10-2-3-10/h1,4-5,10,13,18H,2-3,6-8H2,(H,19,20). The second-order valence-electron chi connectivity index (χ2n) is 4.94. The summed E-state index contributed by atoms with van der Waals surface area (Å²) in [7, 11) is 0. The van der Waals surface area contributed by atoms with E-state index in [0.29, 0.717) is 18.1 Å². The Morgan fingerprint density at radius 2 is 2.10 bits per heavy atom. The lowest BCUT2D eigenvalue weighted by atomic mass is 10.1. The molecule has 0 heterocycles. The highest BCUT2D eigenvalue weighted by Gasteiger charge is 2.29. The smallest absolute Gasteiger partial charge is 0.250 e. The lowest BCUT2D eigenvalue weighted by Crippen LogP contribution is -2.24. The van der Waals surface area contributed by atoms with Crippen molar-refractivity contribution in [2.75, 3.05) is 6.54 Å². The van der Waals surface area contributed by atoms with Gasteiger partial charge in [-0.1, -0.05) is 23.7 Å². The first-order valence-electron chi connectivity index (χ1n) is 6.60. The molecule has 1 fully saturated rings. The van der Waals surface area contributed by atoms with Crippen molar-refractivity contribution in [2.24, 2.45) is 5.92 Å². The number of benzene rings is 1. The summed E-state index contributed by atoms with van der Waals surface area (Å²) in [4.78, 5) is 11.6. The number of alkyl halides is 2. The van der Waals surface area contributed by atoms with Crippen molar-refractivity contribution in [3.63, 3.8) is 0 Å². The van der Waals surface area contributed by atoms with Crippen LogP contribution in [0.25, 0.3) is 0 Å². The topological polar surface area (TPSA) is 41.1 Å². The highest BCUT2D eigenvalue weighted by molar-refractivity contribution is 6.31. The van der Waals surface area contributed by atoms with Gasteiger partial charge in [-0.25, -0.2) is 8.78 Å². The second kappa shape index (κ2) is 6.99. The molecule has 1 aliphatic carbocycles. The van der Waals surface area contributed by atoms with Crippen molar-refractivity contribution in [3.05, 3.63) is 34.3 Å². The molecule has 0 unspecified atom stereocenters. The molecule has 6 heteroatoms. The van der Waals surface area contributed by atoms with Gasteiger partial charge in [0.25, 0.3) is 6.43 Å². The van der Waals surface area contributed by atoms with Gasteiger partial charge in [-0.3, -0.25) is 4.79 Å². The van der Waals surface area contributed by atoms with Crippen molar-refractivity contribution < 1.29 is 13.6 Å². The van der Waals surface area contributed by atoms with Crippen LogP contribution in [0, 0.1) is 5.92 Å². The largest absolute Gasteiger partial charge is 0.352 e. The molecule has 1 aromatic rings. The molecular weight excluding hydrogens is 286 g/mol. The Morgan fingerprint density at radius 1 is 1.35 bits per heavy atom. The SMILES string of the molecule is O=C(NCc1cc(CNCC(F)F)ccc1Cl)C1CC1. The minimum absolute atomic E-state index is 0.0577. The normalized spacial score (nSPS) is 14.6. The van der Waals surface area contributed by atoms with E-state index in [1.165, 1.54) is 0 Å². The number of carbonyl (C=O) groups is 1. The minimum atomic E-state index is -2.36. The van der Waals surface area contributed by atoms with E-state index >= 15 is 0 Å². The maximum Gasteiger partial charge on any atom is 0.250 e. The van der Waals surface area contributed by atoms with Crippen molar-refractivity contribution in [1.29, 1.82) is 0 Å². The zero-order valence-electron chi connectivity index (χ0n) is 11.0. The number of amides is 1. The third kappa shape index (κ3) is 4.72. The van der Waals surface area contributed by atoms with Gasteiger partial charge < -0.3 is 10.6 Å². The van der Waals surface area contributed by atoms with Gasteiger partial charge in [0.15, 0.2) is 0 Å². The average molecular weight is 303 g/mol. The highest BCUT2D eigenvalue weighted by atomic mass is 35.5. The van der Waals surface area contributed by atoms with Gasteiger partial charge in [0.1, 0.15) is 0 Å². The van der Waals surface area contributed by atoms with E-state index in [-0.39, 0.29) is 18.4 Å². The Morgan fingerprint density at radius 3 is 2.75 bits per heavy atom. The van der Waals surface area contributed by atoms with E-state index in [2.05, 4.69) is 10.6 Å². The molecule has 110 valence electrons. The van der Waals surface area contributed by atoms with E-state index in [4.69, 9.17) is 11.6 Å². The van der Waals surface area contributed by atoms with Gasteiger partial charge in [0.05, 0.1) is 6.54 Å². The molecule has 2 rings (SSSR count). The Kier molecular flexibility index (Phi) is 5.31. The van der Waals surface area contributed by atoms with Gasteiger partial charge in [-0.15, -0.1) is 0 Å². The monoisotopic (exact) mass is 302 g/mol. The zero-order valence-corrected chi connectivity index (χ0v) is 11.7.